The number of amides is 1. The Labute approximate surface area is 154 Å². The van der Waals surface area contributed by atoms with Crippen molar-refractivity contribution in [2.75, 3.05) is 11.9 Å². The van der Waals surface area contributed by atoms with Crippen molar-refractivity contribution in [3.63, 3.8) is 0 Å². The van der Waals surface area contributed by atoms with Crippen LogP contribution in [0.2, 0.25) is 0 Å². The molecule has 2 aromatic carbocycles. The normalized spacial score (nSPS) is 10.5. The maximum atomic E-state index is 11.9. The number of anilines is 1. The molecule has 0 atom stereocenters. The van der Waals surface area contributed by atoms with Crippen LogP contribution < -0.4 is 5.32 Å². The van der Waals surface area contributed by atoms with E-state index in [2.05, 4.69) is 34.1 Å². The zero-order valence-corrected chi connectivity index (χ0v) is 15.2. The predicted octanol–water partition coefficient (Wildman–Crippen LogP) is 4.94. The second kappa shape index (κ2) is 8.39. The second-order valence-corrected chi connectivity index (χ2v) is 6.39. The first kappa shape index (κ1) is 17.8. The molecule has 0 radical (unpaired) electrons. The second-order valence-electron chi connectivity index (χ2n) is 6.39. The average Bonchev–Trinajstić information content (AvgIpc) is 2.96. The minimum absolute atomic E-state index is 0.342. The molecule has 0 unspecified atom stereocenters. The van der Waals surface area contributed by atoms with Crippen LogP contribution in [0.3, 0.4) is 0 Å². The van der Waals surface area contributed by atoms with Crippen LogP contribution in [0.5, 0.6) is 0 Å². The average molecular weight is 348 g/mol. The van der Waals surface area contributed by atoms with Gasteiger partial charge in [0.1, 0.15) is 6.61 Å². The van der Waals surface area contributed by atoms with Crippen molar-refractivity contribution in [3.05, 3.63) is 89.2 Å². The van der Waals surface area contributed by atoms with Gasteiger partial charge in [-0.1, -0.05) is 42.5 Å². The fourth-order valence-corrected chi connectivity index (χ4v) is 2.97. The van der Waals surface area contributed by atoms with E-state index in [9.17, 15) is 4.79 Å². The van der Waals surface area contributed by atoms with E-state index < -0.39 is 6.09 Å². The molecule has 1 amide bonds. The first-order chi connectivity index (χ1) is 12.6. The standard InChI is InChI=1S/C22H24N2O2/c1-17-8-9-18(2)24(17)14-15-26-22(25)23-21-12-10-20(11-13-21)16-19-6-4-3-5-7-19/h3-13H,14-16H2,1-2H3,(H,23,25). The van der Waals surface area contributed by atoms with Crippen molar-refractivity contribution in [3.8, 4) is 0 Å². The van der Waals surface area contributed by atoms with Gasteiger partial charge in [0.15, 0.2) is 0 Å². The molecule has 4 nitrogen and oxygen atoms in total. The summed E-state index contributed by atoms with van der Waals surface area (Å²) in [5.74, 6) is 0. The van der Waals surface area contributed by atoms with E-state index in [1.807, 2.05) is 56.3 Å². The van der Waals surface area contributed by atoms with Gasteiger partial charge in [-0.05, 0) is 55.7 Å². The number of nitrogens with zero attached hydrogens (tertiary/aromatic N) is 1. The zero-order chi connectivity index (χ0) is 18.4. The van der Waals surface area contributed by atoms with Crippen molar-refractivity contribution >= 4 is 11.8 Å². The van der Waals surface area contributed by atoms with E-state index in [0.717, 1.165) is 12.1 Å². The molecule has 4 heteroatoms. The van der Waals surface area contributed by atoms with Crippen molar-refractivity contribution in [1.29, 1.82) is 0 Å². The molecule has 1 N–H and O–H groups in total. The minimum Gasteiger partial charge on any atom is -0.447 e. The third-order valence-electron chi connectivity index (χ3n) is 4.42. The Kier molecular flexibility index (Phi) is 5.74. The number of nitrogens with one attached hydrogen (secondary N) is 1. The predicted molar refractivity (Wildman–Crippen MR) is 105 cm³/mol. The molecule has 134 valence electrons. The van der Waals surface area contributed by atoms with E-state index in [1.54, 1.807) is 0 Å². The first-order valence-corrected chi connectivity index (χ1v) is 8.81. The molecule has 0 aliphatic heterocycles. The maximum absolute atomic E-state index is 11.9. The van der Waals surface area contributed by atoms with Gasteiger partial charge in [-0.3, -0.25) is 5.32 Å². The van der Waals surface area contributed by atoms with Crippen LogP contribution in [-0.2, 0) is 17.7 Å². The van der Waals surface area contributed by atoms with Gasteiger partial charge in [0.2, 0.25) is 0 Å². The summed E-state index contributed by atoms with van der Waals surface area (Å²) in [6.07, 6.45) is 0.449. The van der Waals surface area contributed by atoms with Crippen LogP contribution in [0.4, 0.5) is 10.5 Å². The molecule has 0 saturated heterocycles. The van der Waals surface area contributed by atoms with Crippen molar-refractivity contribution in [2.24, 2.45) is 0 Å². The molecule has 0 spiro atoms. The Morgan fingerprint density at radius 3 is 2.15 bits per heavy atom. The first-order valence-electron chi connectivity index (χ1n) is 8.81. The third-order valence-corrected chi connectivity index (χ3v) is 4.42. The molecule has 1 aromatic heterocycles. The van der Waals surface area contributed by atoms with Crippen LogP contribution in [0.15, 0.2) is 66.7 Å². The SMILES string of the molecule is Cc1ccc(C)n1CCOC(=O)Nc1ccc(Cc2ccccc2)cc1. The minimum atomic E-state index is -0.428. The summed E-state index contributed by atoms with van der Waals surface area (Å²) in [4.78, 5) is 11.9. The van der Waals surface area contributed by atoms with Crippen LogP contribution in [-0.4, -0.2) is 17.3 Å². The lowest BCUT2D eigenvalue weighted by molar-refractivity contribution is 0.156. The lowest BCUT2D eigenvalue weighted by atomic mass is 10.1. The number of benzene rings is 2. The van der Waals surface area contributed by atoms with Crippen LogP contribution in [0.1, 0.15) is 22.5 Å². The Balaban J connectivity index is 1.47. The quantitative estimate of drug-likeness (QED) is 0.685. The molecule has 3 aromatic rings. The molecule has 0 bridgehead atoms. The number of hydrogen-bond acceptors (Lipinski definition) is 2. The van der Waals surface area contributed by atoms with Gasteiger partial charge in [0.25, 0.3) is 0 Å². The number of rotatable bonds is 6. The van der Waals surface area contributed by atoms with Gasteiger partial charge in [-0.15, -0.1) is 0 Å². The highest BCUT2D eigenvalue weighted by atomic mass is 16.5. The van der Waals surface area contributed by atoms with E-state index >= 15 is 0 Å². The fourth-order valence-electron chi connectivity index (χ4n) is 2.97. The monoisotopic (exact) mass is 348 g/mol. The highest BCUT2D eigenvalue weighted by Crippen LogP contribution is 2.14. The Morgan fingerprint density at radius 1 is 0.885 bits per heavy atom. The third kappa shape index (κ3) is 4.76. The smallest absolute Gasteiger partial charge is 0.411 e. The van der Waals surface area contributed by atoms with Crippen molar-refractivity contribution in [2.45, 2.75) is 26.8 Å². The summed E-state index contributed by atoms with van der Waals surface area (Å²) in [6, 6.07) is 22.3. The molecule has 26 heavy (non-hydrogen) atoms. The van der Waals surface area contributed by atoms with Crippen molar-refractivity contribution < 1.29 is 9.53 Å². The van der Waals surface area contributed by atoms with Gasteiger partial charge >= 0.3 is 6.09 Å². The summed E-state index contributed by atoms with van der Waals surface area (Å²) < 4.78 is 7.41. The molecule has 0 saturated carbocycles. The number of carbonyl (C=O) groups excluding carboxylic acids is 1. The Hall–Kier alpha value is -3.01. The molecule has 0 fully saturated rings. The summed E-state index contributed by atoms with van der Waals surface area (Å²) in [7, 11) is 0. The highest BCUT2D eigenvalue weighted by Gasteiger charge is 2.05. The summed E-state index contributed by atoms with van der Waals surface area (Å²) >= 11 is 0. The number of hydrogen-bond donors (Lipinski definition) is 1. The lowest BCUT2D eigenvalue weighted by Crippen LogP contribution is -2.17. The van der Waals surface area contributed by atoms with Gasteiger partial charge < -0.3 is 9.30 Å². The van der Waals surface area contributed by atoms with E-state index in [4.69, 9.17) is 4.74 Å². The number of ether oxygens (including phenoxy) is 1. The molecule has 0 aliphatic rings. The van der Waals surface area contributed by atoms with Crippen LogP contribution in [0.25, 0.3) is 0 Å². The largest absolute Gasteiger partial charge is 0.447 e. The van der Waals surface area contributed by atoms with Crippen molar-refractivity contribution in [1.82, 2.24) is 4.57 Å². The number of aryl methyl sites for hydroxylation is 2. The summed E-state index contributed by atoms with van der Waals surface area (Å²) in [6.45, 7) is 5.09. The van der Waals surface area contributed by atoms with Gasteiger partial charge in [0.05, 0.1) is 6.54 Å². The Bertz CT molecular complexity index is 832. The van der Waals surface area contributed by atoms with E-state index in [1.165, 1.54) is 22.5 Å². The maximum Gasteiger partial charge on any atom is 0.411 e. The van der Waals surface area contributed by atoms with Gasteiger partial charge in [-0.25, -0.2) is 4.79 Å². The summed E-state index contributed by atoms with van der Waals surface area (Å²) in [5.41, 5.74) is 5.54. The van der Waals surface area contributed by atoms with E-state index in [-0.39, 0.29) is 0 Å². The lowest BCUT2D eigenvalue weighted by Gasteiger charge is -2.11. The Morgan fingerprint density at radius 2 is 1.50 bits per heavy atom. The molecular weight excluding hydrogens is 324 g/mol. The molecule has 3 rings (SSSR count). The topological polar surface area (TPSA) is 43.3 Å². The van der Waals surface area contributed by atoms with E-state index in [0.29, 0.717) is 13.2 Å². The van der Waals surface area contributed by atoms with Gasteiger partial charge in [0, 0.05) is 17.1 Å². The molecular formula is C22H24N2O2. The van der Waals surface area contributed by atoms with Gasteiger partial charge in [-0.2, -0.15) is 0 Å². The zero-order valence-electron chi connectivity index (χ0n) is 15.2. The fraction of sp³-hybridized carbons (Fsp3) is 0.227. The number of aromatic nitrogens is 1. The number of carbonyl (C=O) groups is 1. The van der Waals surface area contributed by atoms with Crippen LogP contribution in [0, 0.1) is 13.8 Å². The summed E-state index contributed by atoms with van der Waals surface area (Å²) in [5, 5.41) is 2.77. The highest BCUT2D eigenvalue weighted by molar-refractivity contribution is 5.84. The molecule has 0 aliphatic carbocycles. The van der Waals surface area contributed by atoms with Crippen LogP contribution >= 0.6 is 0 Å². The molecule has 1 heterocycles.